The van der Waals surface area contributed by atoms with Crippen LogP contribution in [0.3, 0.4) is 0 Å². The molecule has 3 rings (SSSR count). The standard InChI is InChI=1S/C19H19N3O3/c1-13-8-9-16(14(2)10-13)24-12-17(23)20-11-18-21-19(22-25-18)15-6-4-3-5-7-15/h3-10H,11-12H2,1-2H3,(H,20,23). The summed E-state index contributed by atoms with van der Waals surface area (Å²) in [5.74, 6) is 1.29. The Bertz CT molecular complexity index is 859. The minimum atomic E-state index is -0.251. The number of hydrogen-bond donors (Lipinski definition) is 1. The predicted octanol–water partition coefficient (Wildman–Crippen LogP) is 3.05. The first-order chi connectivity index (χ1) is 12.1. The third kappa shape index (κ3) is 4.44. The van der Waals surface area contributed by atoms with E-state index < -0.39 is 0 Å². The summed E-state index contributed by atoms with van der Waals surface area (Å²) in [5.41, 5.74) is 3.01. The number of ether oxygens (including phenoxy) is 1. The van der Waals surface area contributed by atoms with Crippen molar-refractivity contribution >= 4 is 5.91 Å². The average molecular weight is 337 g/mol. The summed E-state index contributed by atoms with van der Waals surface area (Å²) in [6.07, 6.45) is 0. The molecule has 0 atom stereocenters. The lowest BCUT2D eigenvalue weighted by Crippen LogP contribution is -2.28. The second-order valence-electron chi connectivity index (χ2n) is 5.71. The zero-order valence-electron chi connectivity index (χ0n) is 14.2. The summed E-state index contributed by atoms with van der Waals surface area (Å²) in [6.45, 7) is 4.06. The summed E-state index contributed by atoms with van der Waals surface area (Å²) >= 11 is 0. The van der Waals surface area contributed by atoms with Gasteiger partial charge in [0.15, 0.2) is 6.61 Å². The fourth-order valence-corrected chi connectivity index (χ4v) is 2.36. The van der Waals surface area contributed by atoms with Crippen molar-refractivity contribution in [3.63, 3.8) is 0 Å². The van der Waals surface area contributed by atoms with Gasteiger partial charge in [-0.2, -0.15) is 4.98 Å². The number of aryl methyl sites for hydroxylation is 2. The van der Waals surface area contributed by atoms with Crippen LogP contribution in [0.2, 0.25) is 0 Å². The number of rotatable bonds is 6. The van der Waals surface area contributed by atoms with E-state index in [2.05, 4.69) is 15.5 Å². The molecule has 1 heterocycles. The third-order valence-corrected chi connectivity index (χ3v) is 3.63. The molecule has 0 fully saturated rings. The molecule has 0 aliphatic carbocycles. The lowest BCUT2D eigenvalue weighted by molar-refractivity contribution is -0.123. The van der Waals surface area contributed by atoms with Gasteiger partial charge in [-0.3, -0.25) is 4.79 Å². The Balaban J connectivity index is 1.50. The fourth-order valence-electron chi connectivity index (χ4n) is 2.36. The predicted molar refractivity (Wildman–Crippen MR) is 93.0 cm³/mol. The van der Waals surface area contributed by atoms with Crippen LogP contribution < -0.4 is 10.1 Å². The minimum absolute atomic E-state index is 0.0659. The molecule has 1 N–H and O–H groups in total. The largest absolute Gasteiger partial charge is 0.484 e. The Hall–Kier alpha value is -3.15. The Morgan fingerprint density at radius 3 is 2.72 bits per heavy atom. The number of nitrogens with one attached hydrogen (secondary N) is 1. The second kappa shape index (κ2) is 7.61. The lowest BCUT2D eigenvalue weighted by Gasteiger charge is -2.09. The van der Waals surface area contributed by atoms with Crippen LogP contribution in [0.4, 0.5) is 0 Å². The molecule has 0 spiro atoms. The van der Waals surface area contributed by atoms with Gasteiger partial charge in [0.05, 0.1) is 6.54 Å². The van der Waals surface area contributed by atoms with Gasteiger partial charge in [0, 0.05) is 5.56 Å². The van der Waals surface area contributed by atoms with E-state index in [1.165, 1.54) is 0 Å². The molecule has 6 nitrogen and oxygen atoms in total. The molecule has 1 amide bonds. The molecule has 0 bridgehead atoms. The number of nitrogens with zero attached hydrogens (tertiary/aromatic N) is 2. The van der Waals surface area contributed by atoms with E-state index in [9.17, 15) is 4.79 Å². The second-order valence-corrected chi connectivity index (χ2v) is 5.71. The Morgan fingerprint density at radius 1 is 1.16 bits per heavy atom. The highest BCUT2D eigenvalue weighted by Gasteiger charge is 2.10. The zero-order valence-corrected chi connectivity index (χ0v) is 14.2. The molecule has 1 aromatic heterocycles. The monoisotopic (exact) mass is 337 g/mol. The van der Waals surface area contributed by atoms with Crippen LogP contribution in [0.15, 0.2) is 53.1 Å². The van der Waals surface area contributed by atoms with E-state index in [1.807, 2.05) is 62.4 Å². The van der Waals surface area contributed by atoms with E-state index >= 15 is 0 Å². The summed E-state index contributed by atoms with van der Waals surface area (Å²) in [7, 11) is 0. The van der Waals surface area contributed by atoms with Gasteiger partial charge in [0.1, 0.15) is 5.75 Å². The summed E-state index contributed by atoms with van der Waals surface area (Å²) < 4.78 is 10.7. The van der Waals surface area contributed by atoms with Crippen LogP contribution in [0.5, 0.6) is 5.75 Å². The maximum atomic E-state index is 11.9. The van der Waals surface area contributed by atoms with Gasteiger partial charge in [-0.05, 0) is 25.5 Å². The Morgan fingerprint density at radius 2 is 1.96 bits per heavy atom. The van der Waals surface area contributed by atoms with Gasteiger partial charge in [0.25, 0.3) is 5.91 Å². The van der Waals surface area contributed by atoms with Crippen LogP contribution in [0.25, 0.3) is 11.4 Å². The molecule has 0 unspecified atom stereocenters. The highest BCUT2D eigenvalue weighted by Crippen LogP contribution is 2.18. The molecular weight excluding hydrogens is 318 g/mol. The molecule has 128 valence electrons. The van der Waals surface area contributed by atoms with Crippen molar-refractivity contribution < 1.29 is 14.1 Å². The maximum Gasteiger partial charge on any atom is 0.258 e. The van der Waals surface area contributed by atoms with Gasteiger partial charge in [-0.15, -0.1) is 0 Å². The molecule has 2 aromatic carbocycles. The SMILES string of the molecule is Cc1ccc(OCC(=O)NCc2nc(-c3ccccc3)no2)c(C)c1. The number of aromatic nitrogens is 2. The van der Waals surface area contributed by atoms with E-state index in [4.69, 9.17) is 9.26 Å². The van der Waals surface area contributed by atoms with Crippen LogP contribution in [-0.4, -0.2) is 22.7 Å². The Kier molecular flexibility index (Phi) is 5.09. The quantitative estimate of drug-likeness (QED) is 0.748. The molecule has 3 aromatic rings. The summed E-state index contributed by atoms with van der Waals surface area (Å²) in [5, 5.41) is 6.61. The summed E-state index contributed by atoms with van der Waals surface area (Å²) in [4.78, 5) is 16.2. The molecule has 0 aliphatic rings. The first-order valence-electron chi connectivity index (χ1n) is 7.96. The van der Waals surface area contributed by atoms with Crippen LogP contribution >= 0.6 is 0 Å². The first kappa shape index (κ1) is 16.7. The smallest absolute Gasteiger partial charge is 0.258 e. The topological polar surface area (TPSA) is 77.2 Å². The number of amides is 1. The average Bonchev–Trinajstić information content (AvgIpc) is 3.09. The van der Waals surface area contributed by atoms with Gasteiger partial charge in [0.2, 0.25) is 11.7 Å². The van der Waals surface area contributed by atoms with Crippen LogP contribution in [0.1, 0.15) is 17.0 Å². The molecule has 0 saturated heterocycles. The fraction of sp³-hybridized carbons (Fsp3) is 0.211. The van der Waals surface area contributed by atoms with Crippen molar-refractivity contribution in [2.75, 3.05) is 6.61 Å². The molecule has 0 aliphatic heterocycles. The normalized spacial score (nSPS) is 10.5. The van der Waals surface area contributed by atoms with Crippen molar-refractivity contribution in [2.24, 2.45) is 0 Å². The molecule has 0 radical (unpaired) electrons. The molecule has 0 saturated carbocycles. The van der Waals surface area contributed by atoms with Gasteiger partial charge in [-0.1, -0.05) is 53.2 Å². The van der Waals surface area contributed by atoms with E-state index in [0.29, 0.717) is 17.5 Å². The van der Waals surface area contributed by atoms with Crippen LogP contribution in [0, 0.1) is 13.8 Å². The summed E-state index contributed by atoms with van der Waals surface area (Å²) in [6, 6.07) is 15.3. The number of hydrogen-bond acceptors (Lipinski definition) is 5. The van der Waals surface area contributed by atoms with E-state index in [1.54, 1.807) is 0 Å². The number of carbonyl (C=O) groups is 1. The Labute approximate surface area is 145 Å². The maximum absolute atomic E-state index is 11.9. The van der Waals surface area contributed by atoms with E-state index in [-0.39, 0.29) is 19.1 Å². The highest BCUT2D eigenvalue weighted by atomic mass is 16.5. The molecule has 25 heavy (non-hydrogen) atoms. The molecular formula is C19H19N3O3. The van der Waals surface area contributed by atoms with E-state index in [0.717, 1.165) is 16.7 Å². The van der Waals surface area contributed by atoms with Crippen molar-refractivity contribution in [2.45, 2.75) is 20.4 Å². The highest BCUT2D eigenvalue weighted by molar-refractivity contribution is 5.77. The number of carbonyl (C=O) groups excluding carboxylic acids is 1. The van der Waals surface area contributed by atoms with Crippen molar-refractivity contribution in [1.82, 2.24) is 15.5 Å². The third-order valence-electron chi connectivity index (χ3n) is 3.63. The van der Waals surface area contributed by atoms with Gasteiger partial charge in [-0.25, -0.2) is 0 Å². The van der Waals surface area contributed by atoms with Crippen molar-refractivity contribution in [3.05, 3.63) is 65.5 Å². The minimum Gasteiger partial charge on any atom is -0.484 e. The van der Waals surface area contributed by atoms with Gasteiger partial charge >= 0.3 is 0 Å². The number of benzene rings is 2. The molecule has 6 heteroatoms. The lowest BCUT2D eigenvalue weighted by atomic mass is 10.1. The first-order valence-corrected chi connectivity index (χ1v) is 7.96. The van der Waals surface area contributed by atoms with Gasteiger partial charge < -0.3 is 14.6 Å². The van der Waals surface area contributed by atoms with Crippen LogP contribution in [-0.2, 0) is 11.3 Å². The zero-order chi connectivity index (χ0) is 17.6. The van der Waals surface area contributed by atoms with Crippen molar-refractivity contribution in [1.29, 1.82) is 0 Å². The van der Waals surface area contributed by atoms with Crippen molar-refractivity contribution in [3.8, 4) is 17.1 Å².